The molecule has 1 aliphatic heterocycles. The van der Waals surface area contributed by atoms with E-state index in [1.165, 1.54) is 5.56 Å². The monoisotopic (exact) mass is 290 g/mol. The van der Waals surface area contributed by atoms with Crippen LogP contribution in [0.25, 0.3) is 0 Å². The Labute approximate surface area is 127 Å². The van der Waals surface area contributed by atoms with Crippen LogP contribution < -0.4 is 5.32 Å². The number of rotatable bonds is 6. The lowest BCUT2D eigenvalue weighted by Crippen LogP contribution is -2.60. The molecule has 1 fully saturated rings. The number of carboxylic acid groups (broad SMARTS) is 1. The molecule has 0 aliphatic carbocycles. The fraction of sp³-hybridized carbons (Fsp3) is 0.588. The third kappa shape index (κ3) is 4.29. The smallest absolute Gasteiger partial charge is 0.324 e. The molecule has 0 atom stereocenters. The second-order valence-electron chi connectivity index (χ2n) is 6.26. The van der Waals surface area contributed by atoms with Crippen LogP contribution in [0, 0.1) is 0 Å². The molecule has 1 heterocycles. The number of nitrogens with zero attached hydrogens (tertiary/aromatic N) is 1. The molecule has 0 radical (unpaired) electrons. The zero-order valence-corrected chi connectivity index (χ0v) is 13.0. The zero-order valence-electron chi connectivity index (χ0n) is 13.0. The van der Waals surface area contributed by atoms with Crippen molar-refractivity contribution in [2.24, 2.45) is 0 Å². The van der Waals surface area contributed by atoms with Gasteiger partial charge in [0, 0.05) is 25.7 Å². The predicted octanol–water partition coefficient (Wildman–Crippen LogP) is 2.15. The third-order valence-electron chi connectivity index (χ3n) is 4.24. The van der Waals surface area contributed by atoms with Crippen LogP contribution in [0.15, 0.2) is 30.3 Å². The summed E-state index contributed by atoms with van der Waals surface area (Å²) < 4.78 is 0. The molecular weight excluding hydrogens is 264 g/mol. The average molecular weight is 290 g/mol. The molecule has 0 saturated carbocycles. The van der Waals surface area contributed by atoms with E-state index < -0.39 is 11.5 Å². The molecule has 4 heteroatoms. The number of hydrogen-bond donors (Lipinski definition) is 2. The van der Waals surface area contributed by atoms with Gasteiger partial charge in [-0.25, -0.2) is 0 Å². The fourth-order valence-corrected chi connectivity index (χ4v) is 3.06. The van der Waals surface area contributed by atoms with E-state index in [0.29, 0.717) is 12.8 Å². The predicted molar refractivity (Wildman–Crippen MR) is 84.5 cm³/mol. The molecule has 0 bridgehead atoms. The molecule has 21 heavy (non-hydrogen) atoms. The molecule has 1 aliphatic rings. The van der Waals surface area contributed by atoms with Gasteiger partial charge in [0.2, 0.25) is 0 Å². The van der Waals surface area contributed by atoms with E-state index in [2.05, 4.69) is 34.5 Å². The van der Waals surface area contributed by atoms with E-state index in [0.717, 1.165) is 26.1 Å². The summed E-state index contributed by atoms with van der Waals surface area (Å²) in [6, 6.07) is 10.6. The van der Waals surface area contributed by atoms with E-state index in [1.807, 2.05) is 19.9 Å². The van der Waals surface area contributed by atoms with E-state index in [-0.39, 0.29) is 6.04 Å². The van der Waals surface area contributed by atoms with Crippen molar-refractivity contribution in [3.8, 4) is 0 Å². The summed E-state index contributed by atoms with van der Waals surface area (Å²) in [5.74, 6) is -0.709. The van der Waals surface area contributed by atoms with Gasteiger partial charge in [-0.3, -0.25) is 10.1 Å². The van der Waals surface area contributed by atoms with Gasteiger partial charge >= 0.3 is 5.97 Å². The third-order valence-corrected chi connectivity index (χ3v) is 4.24. The Morgan fingerprint density at radius 3 is 2.43 bits per heavy atom. The maximum atomic E-state index is 11.6. The van der Waals surface area contributed by atoms with Crippen LogP contribution >= 0.6 is 0 Å². The van der Waals surface area contributed by atoms with Gasteiger partial charge in [-0.2, -0.15) is 0 Å². The molecule has 0 amide bonds. The van der Waals surface area contributed by atoms with Gasteiger partial charge in [0.1, 0.15) is 5.54 Å². The van der Waals surface area contributed by atoms with Crippen LogP contribution in [0.4, 0.5) is 0 Å². The second kappa shape index (κ2) is 7.05. The quantitative estimate of drug-likeness (QED) is 0.843. The number of aliphatic carboxylic acids is 1. The lowest BCUT2D eigenvalue weighted by molar-refractivity contribution is -0.147. The molecule has 4 nitrogen and oxygen atoms in total. The summed E-state index contributed by atoms with van der Waals surface area (Å²) in [7, 11) is 0. The van der Waals surface area contributed by atoms with Gasteiger partial charge < -0.3 is 10.0 Å². The van der Waals surface area contributed by atoms with Crippen molar-refractivity contribution in [2.75, 3.05) is 19.6 Å². The molecule has 2 rings (SSSR count). The lowest BCUT2D eigenvalue weighted by atomic mass is 9.86. The van der Waals surface area contributed by atoms with Crippen molar-refractivity contribution in [1.29, 1.82) is 0 Å². The SMILES string of the molecule is CC(C)NC1(C(=O)O)CCN(CCc2ccccc2)CC1. The number of likely N-dealkylation sites (tertiary alicyclic amines) is 1. The molecule has 2 N–H and O–H groups in total. The lowest BCUT2D eigenvalue weighted by Gasteiger charge is -2.40. The van der Waals surface area contributed by atoms with Crippen LogP contribution in [-0.2, 0) is 11.2 Å². The highest BCUT2D eigenvalue weighted by atomic mass is 16.4. The molecule has 1 saturated heterocycles. The molecule has 0 unspecified atom stereocenters. The van der Waals surface area contributed by atoms with Gasteiger partial charge in [-0.05, 0) is 38.7 Å². The first-order valence-corrected chi connectivity index (χ1v) is 7.79. The van der Waals surface area contributed by atoms with Gasteiger partial charge in [0.05, 0.1) is 0 Å². The number of carbonyl (C=O) groups is 1. The highest BCUT2D eigenvalue weighted by Gasteiger charge is 2.41. The van der Waals surface area contributed by atoms with E-state index in [9.17, 15) is 9.90 Å². The minimum Gasteiger partial charge on any atom is -0.480 e. The van der Waals surface area contributed by atoms with Crippen molar-refractivity contribution in [2.45, 2.75) is 44.7 Å². The van der Waals surface area contributed by atoms with Crippen molar-refractivity contribution >= 4 is 5.97 Å². The maximum Gasteiger partial charge on any atom is 0.324 e. The average Bonchev–Trinajstić information content (AvgIpc) is 2.47. The van der Waals surface area contributed by atoms with Crippen molar-refractivity contribution < 1.29 is 9.90 Å². The minimum absolute atomic E-state index is 0.192. The Hall–Kier alpha value is -1.39. The minimum atomic E-state index is -0.739. The standard InChI is InChI=1S/C17H26N2O2/c1-14(2)18-17(16(20)21)9-12-19(13-10-17)11-8-15-6-4-3-5-7-15/h3-7,14,18H,8-13H2,1-2H3,(H,20,21). The zero-order chi connectivity index (χ0) is 15.3. The largest absolute Gasteiger partial charge is 0.480 e. The Kier molecular flexibility index (Phi) is 5.37. The normalized spacial score (nSPS) is 18.8. The number of carboxylic acids is 1. The Balaban J connectivity index is 1.85. The Bertz CT molecular complexity index is 451. The van der Waals surface area contributed by atoms with E-state index in [4.69, 9.17) is 0 Å². The van der Waals surface area contributed by atoms with Gasteiger partial charge in [0.15, 0.2) is 0 Å². The first-order chi connectivity index (χ1) is 10.0. The number of piperidine rings is 1. The van der Waals surface area contributed by atoms with Crippen LogP contribution in [0.5, 0.6) is 0 Å². The number of hydrogen-bond acceptors (Lipinski definition) is 3. The topological polar surface area (TPSA) is 52.6 Å². The maximum absolute atomic E-state index is 11.6. The number of nitrogens with one attached hydrogen (secondary N) is 1. The summed E-state index contributed by atoms with van der Waals surface area (Å²) in [6.07, 6.45) is 2.38. The molecular formula is C17H26N2O2. The van der Waals surface area contributed by atoms with E-state index in [1.54, 1.807) is 0 Å². The first kappa shape index (κ1) is 16.0. The molecule has 0 spiro atoms. The van der Waals surface area contributed by atoms with Crippen molar-refractivity contribution in [1.82, 2.24) is 10.2 Å². The van der Waals surface area contributed by atoms with Gasteiger partial charge in [0.25, 0.3) is 0 Å². The van der Waals surface area contributed by atoms with Crippen LogP contribution in [0.3, 0.4) is 0 Å². The molecule has 116 valence electrons. The highest BCUT2D eigenvalue weighted by molar-refractivity contribution is 5.79. The van der Waals surface area contributed by atoms with Gasteiger partial charge in [-0.15, -0.1) is 0 Å². The van der Waals surface area contributed by atoms with Gasteiger partial charge in [-0.1, -0.05) is 30.3 Å². The molecule has 1 aromatic carbocycles. The van der Waals surface area contributed by atoms with E-state index >= 15 is 0 Å². The summed E-state index contributed by atoms with van der Waals surface area (Å²) >= 11 is 0. The molecule has 0 aromatic heterocycles. The summed E-state index contributed by atoms with van der Waals surface area (Å²) in [6.45, 7) is 6.71. The second-order valence-corrected chi connectivity index (χ2v) is 6.26. The summed E-state index contributed by atoms with van der Waals surface area (Å²) in [5.41, 5.74) is 0.602. The van der Waals surface area contributed by atoms with Crippen LogP contribution in [0.2, 0.25) is 0 Å². The Morgan fingerprint density at radius 1 is 1.29 bits per heavy atom. The number of benzene rings is 1. The highest BCUT2D eigenvalue weighted by Crippen LogP contribution is 2.23. The Morgan fingerprint density at radius 2 is 1.90 bits per heavy atom. The van der Waals surface area contributed by atoms with Crippen LogP contribution in [-0.4, -0.2) is 47.2 Å². The molecule has 1 aromatic rings. The van der Waals surface area contributed by atoms with Crippen LogP contribution in [0.1, 0.15) is 32.3 Å². The van der Waals surface area contributed by atoms with Crippen molar-refractivity contribution in [3.63, 3.8) is 0 Å². The van der Waals surface area contributed by atoms with Crippen molar-refractivity contribution in [3.05, 3.63) is 35.9 Å². The fourth-order valence-electron chi connectivity index (χ4n) is 3.06. The first-order valence-electron chi connectivity index (χ1n) is 7.79. The summed E-state index contributed by atoms with van der Waals surface area (Å²) in [5, 5.41) is 12.8. The summed E-state index contributed by atoms with van der Waals surface area (Å²) in [4.78, 5) is 14.0.